The molecule has 1 aliphatic heterocycles. The molecule has 0 amide bonds. The lowest BCUT2D eigenvalue weighted by Crippen LogP contribution is -2.40. The minimum Gasteiger partial charge on any atom is -0.301 e. The fourth-order valence-corrected chi connectivity index (χ4v) is 3.21. The Morgan fingerprint density at radius 2 is 2.29 bits per heavy atom. The SMILES string of the molecule is CC(C)N1CCCC(Cc2nnc3c(C=O)cccn23)C1. The van der Waals surface area contributed by atoms with E-state index < -0.39 is 0 Å². The van der Waals surface area contributed by atoms with E-state index in [0.29, 0.717) is 23.2 Å². The Balaban J connectivity index is 1.80. The van der Waals surface area contributed by atoms with E-state index in [2.05, 4.69) is 28.9 Å². The average molecular weight is 286 g/mol. The third kappa shape index (κ3) is 2.83. The highest BCUT2D eigenvalue weighted by atomic mass is 16.1. The smallest absolute Gasteiger partial charge is 0.171 e. The van der Waals surface area contributed by atoms with E-state index >= 15 is 0 Å². The molecule has 1 atom stereocenters. The maximum atomic E-state index is 11.0. The number of hydrogen-bond acceptors (Lipinski definition) is 4. The number of hydrogen-bond donors (Lipinski definition) is 0. The van der Waals surface area contributed by atoms with Crippen molar-refractivity contribution in [2.75, 3.05) is 13.1 Å². The van der Waals surface area contributed by atoms with Crippen molar-refractivity contribution in [1.82, 2.24) is 19.5 Å². The summed E-state index contributed by atoms with van der Waals surface area (Å²) in [5, 5.41) is 8.48. The van der Waals surface area contributed by atoms with Crippen molar-refractivity contribution in [3.8, 4) is 0 Å². The van der Waals surface area contributed by atoms with Gasteiger partial charge in [-0.05, 0) is 51.3 Å². The number of carbonyl (C=O) groups is 1. The lowest BCUT2D eigenvalue weighted by molar-refractivity contribution is 0.112. The third-order valence-electron chi connectivity index (χ3n) is 4.41. The second-order valence-electron chi connectivity index (χ2n) is 6.19. The molecule has 1 saturated heterocycles. The van der Waals surface area contributed by atoms with Gasteiger partial charge < -0.3 is 4.90 Å². The normalized spacial score (nSPS) is 20.2. The molecular formula is C16H22N4O. The molecule has 2 aromatic rings. The molecule has 0 N–H and O–H groups in total. The van der Waals surface area contributed by atoms with Gasteiger partial charge in [0, 0.05) is 25.2 Å². The summed E-state index contributed by atoms with van der Waals surface area (Å²) in [6.07, 6.45) is 6.20. The Bertz CT molecular complexity index is 634. The van der Waals surface area contributed by atoms with Crippen LogP contribution in [0.3, 0.4) is 0 Å². The molecule has 0 bridgehead atoms. The molecule has 21 heavy (non-hydrogen) atoms. The van der Waals surface area contributed by atoms with Gasteiger partial charge in [-0.3, -0.25) is 9.20 Å². The van der Waals surface area contributed by atoms with Gasteiger partial charge in [0.15, 0.2) is 11.9 Å². The number of pyridine rings is 1. The number of fused-ring (bicyclic) bond motifs is 1. The van der Waals surface area contributed by atoms with Crippen molar-refractivity contribution in [3.05, 3.63) is 29.7 Å². The first-order valence-corrected chi connectivity index (χ1v) is 7.71. The van der Waals surface area contributed by atoms with E-state index in [-0.39, 0.29) is 0 Å². The van der Waals surface area contributed by atoms with E-state index in [1.54, 1.807) is 6.07 Å². The van der Waals surface area contributed by atoms with E-state index in [4.69, 9.17) is 0 Å². The summed E-state index contributed by atoms with van der Waals surface area (Å²) in [6, 6.07) is 4.26. The molecule has 1 aliphatic rings. The molecule has 0 aliphatic carbocycles. The molecule has 1 unspecified atom stereocenters. The Morgan fingerprint density at radius 3 is 3.05 bits per heavy atom. The van der Waals surface area contributed by atoms with E-state index in [1.807, 2.05) is 16.7 Å². The zero-order valence-corrected chi connectivity index (χ0v) is 12.7. The summed E-state index contributed by atoms with van der Waals surface area (Å²) >= 11 is 0. The highest BCUT2D eigenvalue weighted by Crippen LogP contribution is 2.22. The van der Waals surface area contributed by atoms with Gasteiger partial charge in [-0.1, -0.05) is 0 Å². The molecule has 0 saturated carbocycles. The lowest BCUT2D eigenvalue weighted by Gasteiger charge is -2.35. The molecule has 0 spiro atoms. The number of likely N-dealkylation sites (tertiary alicyclic amines) is 1. The summed E-state index contributed by atoms with van der Waals surface area (Å²) in [6.45, 7) is 6.83. The van der Waals surface area contributed by atoms with E-state index in [9.17, 15) is 4.79 Å². The minimum absolute atomic E-state index is 0.601. The molecule has 0 aromatic carbocycles. The standard InChI is InChI=1S/C16H22N4O/c1-12(2)19-7-3-5-13(10-19)9-15-17-18-16-14(11-21)6-4-8-20(15)16/h4,6,8,11-13H,3,5,7,9-10H2,1-2H3. The number of carbonyl (C=O) groups excluding carboxylic acids is 1. The predicted octanol–water partition coefficient (Wildman–Crippen LogP) is 2.20. The molecule has 3 heterocycles. The van der Waals surface area contributed by atoms with Crippen LogP contribution in [0.2, 0.25) is 0 Å². The van der Waals surface area contributed by atoms with Crippen LogP contribution in [0.15, 0.2) is 18.3 Å². The van der Waals surface area contributed by atoms with E-state index in [0.717, 1.165) is 25.1 Å². The van der Waals surface area contributed by atoms with Crippen molar-refractivity contribution < 1.29 is 4.79 Å². The lowest BCUT2D eigenvalue weighted by atomic mass is 9.93. The quantitative estimate of drug-likeness (QED) is 0.809. The minimum atomic E-state index is 0.601. The summed E-state index contributed by atoms with van der Waals surface area (Å²) < 4.78 is 1.96. The first-order chi connectivity index (χ1) is 10.2. The zero-order chi connectivity index (χ0) is 14.8. The molecule has 5 heteroatoms. The summed E-state index contributed by atoms with van der Waals surface area (Å²) in [5.74, 6) is 1.58. The molecular weight excluding hydrogens is 264 g/mol. The molecule has 2 aromatic heterocycles. The van der Waals surface area contributed by atoms with E-state index in [1.165, 1.54) is 19.4 Å². The van der Waals surface area contributed by atoms with Crippen molar-refractivity contribution in [2.24, 2.45) is 5.92 Å². The number of piperidine rings is 1. The van der Waals surface area contributed by atoms with Crippen LogP contribution in [-0.2, 0) is 6.42 Å². The van der Waals surface area contributed by atoms with Crippen molar-refractivity contribution >= 4 is 11.9 Å². The van der Waals surface area contributed by atoms with Crippen molar-refractivity contribution in [2.45, 2.75) is 39.2 Å². The molecule has 112 valence electrons. The van der Waals surface area contributed by atoms with Gasteiger partial charge in [0.2, 0.25) is 0 Å². The van der Waals surface area contributed by atoms with Crippen LogP contribution >= 0.6 is 0 Å². The molecule has 3 rings (SSSR count). The molecule has 0 radical (unpaired) electrons. The van der Waals surface area contributed by atoms with Crippen LogP contribution in [0.1, 0.15) is 42.9 Å². The first kappa shape index (κ1) is 14.2. The van der Waals surface area contributed by atoms with Gasteiger partial charge >= 0.3 is 0 Å². The van der Waals surface area contributed by atoms with Crippen LogP contribution in [-0.4, -0.2) is 44.9 Å². The van der Waals surface area contributed by atoms with Gasteiger partial charge in [-0.25, -0.2) is 0 Å². The van der Waals surface area contributed by atoms with Gasteiger partial charge in [-0.15, -0.1) is 10.2 Å². The first-order valence-electron chi connectivity index (χ1n) is 7.71. The number of aromatic nitrogens is 3. The molecule has 1 fully saturated rings. The Morgan fingerprint density at radius 1 is 1.43 bits per heavy atom. The largest absolute Gasteiger partial charge is 0.301 e. The van der Waals surface area contributed by atoms with Gasteiger partial charge in [0.25, 0.3) is 0 Å². The van der Waals surface area contributed by atoms with Crippen LogP contribution in [0, 0.1) is 5.92 Å². The highest BCUT2D eigenvalue weighted by molar-refractivity contribution is 5.83. The second kappa shape index (κ2) is 5.93. The fraction of sp³-hybridized carbons (Fsp3) is 0.562. The highest BCUT2D eigenvalue weighted by Gasteiger charge is 2.23. The third-order valence-corrected chi connectivity index (χ3v) is 4.41. The second-order valence-corrected chi connectivity index (χ2v) is 6.19. The summed E-state index contributed by atoms with van der Waals surface area (Å²) in [4.78, 5) is 13.6. The van der Waals surface area contributed by atoms with Crippen LogP contribution in [0.5, 0.6) is 0 Å². The number of rotatable bonds is 4. The fourth-order valence-electron chi connectivity index (χ4n) is 3.21. The Kier molecular flexibility index (Phi) is 4.01. The molecule has 5 nitrogen and oxygen atoms in total. The topological polar surface area (TPSA) is 50.5 Å². The van der Waals surface area contributed by atoms with Crippen LogP contribution in [0.25, 0.3) is 5.65 Å². The average Bonchev–Trinajstić information content (AvgIpc) is 2.90. The maximum absolute atomic E-state index is 11.0. The van der Waals surface area contributed by atoms with Crippen LogP contribution in [0.4, 0.5) is 0 Å². The predicted molar refractivity (Wildman–Crippen MR) is 81.5 cm³/mol. The number of aldehydes is 1. The van der Waals surface area contributed by atoms with Crippen LogP contribution < -0.4 is 0 Å². The summed E-state index contributed by atoms with van der Waals surface area (Å²) in [5.41, 5.74) is 1.27. The van der Waals surface area contributed by atoms with Gasteiger partial charge in [-0.2, -0.15) is 0 Å². The Hall–Kier alpha value is -1.75. The van der Waals surface area contributed by atoms with Gasteiger partial charge in [0.1, 0.15) is 5.82 Å². The number of nitrogens with zero attached hydrogens (tertiary/aromatic N) is 4. The Labute approximate surface area is 125 Å². The van der Waals surface area contributed by atoms with Crippen molar-refractivity contribution in [1.29, 1.82) is 0 Å². The maximum Gasteiger partial charge on any atom is 0.171 e. The van der Waals surface area contributed by atoms with Crippen molar-refractivity contribution in [3.63, 3.8) is 0 Å². The summed E-state index contributed by atoms with van der Waals surface area (Å²) in [7, 11) is 0. The van der Waals surface area contributed by atoms with Gasteiger partial charge in [0.05, 0.1) is 5.56 Å². The monoisotopic (exact) mass is 286 g/mol. The zero-order valence-electron chi connectivity index (χ0n) is 12.7.